The molecule has 1 unspecified atom stereocenters. The van der Waals surface area contributed by atoms with Crippen LogP contribution in [0.25, 0.3) is 22.6 Å². The van der Waals surface area contributed by atoms with Gasteiger partial charge in [0.2, 0.25) is 0 Å². The highest BCUT2D eigenvalue weighted by Gasteiger charge is 2.36. The molecule has 0 radical (unpaired) electrons. The van der Waals surface area contributed by atoms with Crippen LogP contribution in [0, 0.1) is 0 Å². The first kappa shape index (κ1) is 24.7. The van der Waals surface area contributed by atoms with Crippen molar-refractivity contribution in [2.45, 2.75) is 32.2 Å². The molecule has 2 N–H and O–H groups in total. The molecular formula is C30H29ClN4O3. The van der Waals surface area contributed by atoms with E-state index in [4.69, 9.17) is 21.1 Å². The number of hydrogen-bond acceptors (Lipinski definition) is 5. The molecule has 1 aromatic heterocycles. The number of anilines is 2. The van der Waals surface area contributed by atoms with Gasteiger partial charge in [0.25, 0.3) is 5.91 Å². The molecule has 3 aromatic carbocycles. The molecule has 0 aliphatic carbocycles. The maximum atomic E-state index is 13.3. The lowest BCUT2D eigenvalue weighted by atomic mass is 9.96. The van der Waals surface area contributed by atoms with Crippen molar-refractivity contribution in [3.05, 3.63) is 89.1 Å². The first-order valence-corrected chi connectivity index (χ1v) is 13.1. The van der Waals surface area contributed by atoms with Gasteiger partial charge in [-0.3, -0.25) is 4.79 Å². The smallest absolute Gasteiger partial charge is 0.254 e. The predicted octanol–water partition coefficient (Wildman–Crippen LogP) is 6.29. The first-order valence-electron chi connectivity index (χ1n) is 12.8. The minimum absolute atomic E-state index is 0.0176. The van der Waals surface area contributed by atoms with Gasteiger partial charge in [-0.25, -0.2) is 4.98 Å². The standard InChI is InChI=1S/C30H29ClN4O3/c1-30(2)37-18-21(38-30)17-35-14-13-22-23(29(35)36)9-6-10-26(22)33-20-11-12-25(31)24(15-20)28-32-16-27(34-28)19-7-4-3-5-8-19/h3-12,15-16,21,33H,13-14,17-18H2,1-2H3,(H,32,34). The number of halogens is 1. The number of nitrogens with zero attached hydrogens (tertiary/aromatic N) is 2. The van der Waals surface area contributed by atoms with E-state index in [0.717, 1.165) is 40.2 Å². The van der Waals surface area contributed by atoms with Gasteiger partial charge in [-0.15, -0.1) is 0 Å². The molecule has 2 aliphatic heterocycles. The number of nitrogens with one attached hydrogen (secondary N) is 2. The van der Waals surface area contributed by atoms with Crippen molar-refractivity contribution in [2.75, 3.05) is 25.0 Å². The van der Waals surface area contributed by atoms with E-state index in [1.807, 2.05) is 91.7 Å². The Morgan fingerprint density at radius 1 is 1.11 bits per heavy atom. The zero-order valence-electron chi connectivity index (χ0n) is 21.3. The van der Waals surface area contributed by atoms with E-state index in [0.29, 0.717) is 36.1 Å². The predicted molar refractivity (Wildman–Crippen MR) is 149 cm³/mol. The number of aromatic nitrogens is 2. The van der Waals surface area contributed by atoms with Crippen LogP contribution in [0.3, 0.4) is 0 Å². The summed E-state index contributed by atoms with van der Waals surface area (Å²) in [7, 11) is 0. The number of imidazole rings is 1. The Labute approximate surface area is 226 Å². The summed E-state index contributed by atoms with van der Waals surface area (Å²) in [4.78, 5) is 23.2. The Balaban J connectivity index is 1.22. The minimum Gasteiger partial charge on any atom is -0.355 e. The number of hydrogen-bond donors (Lipinski definition) is 2. The lowest BCUT2D eigenvalue weighted by molar-refractivity contribution is -0.139. The molecule has 2 aliphatic rings. The number of H-pyrrole nitrogens is 1. The number of carbonyl (C=O) groups excluding carboxylic acids is 1. The van der Waals surface area contributed by atoms with Crippen LogP contribution in [0.5, 0.6) is 0 Å². The van der Waals surface area contributed by atoms with Crippen molar-refractivity contribution >= 4 is 28.9 Å². The molecule has 3 heterocycles. The van der Waals surface area contributed by atoms with Crippen LogP contribution in [-0.4, -0.2) is 52.4 Å². The summed E-state index contributed by atoms with van der Waals surface area (Å²) < 4.78 is 11.6. The lowest BCUT2D eigenvalue weighted by Gasteiger charge is -2.31. The molecular weight excluding hydrogens is 500 g/mol. The normalized spacial score (nSPS) is 18.4. The van der Waals surface area contributed by atoms with Gasteiger partial charge in [-0.2, -0.15) is 0 Å². The number of ether oxygens (including phenoxy) is 2. The van der Waals surface area contributed by atoms with Gasteiger partial charge in [-0.1, -0.05) is 48.0 Å². The van der Waals surface area contributed by atoms with E-state index >= 15 is 0 Å². The maximum absolute atomic E-state index is 13.3. The number of aromatic amines is 1. The first-order chi connectivity index (χ1) is 18.4. The molecule has 0 bridgehead atoms. The van der Waals surface area contributed by atoms with E-state index in [1.165, 1.54) is 0 Å². The highest BCUT2D eigenvalue weighted by Crippen LogP contribution is 2.34. The number of carbonyl (C=O) groups is 1. The van der Waals surface area contributed by atoms with Crippen molar-refractivity contribution in [3.63, 3.8) is 0 Å². The van der Waals surface area contributed by atoms with E-state index in [-0.39, 0.29) is 12.0 Å². The van der Waals surface area contributed by atoms with Crippen LogP contribution in [0.15, 0.2) is 72.9 Å². The molecule has 8 heteroatoms. The van der Waals surface area contributed by atoms with Crippen LogP contribution in [0.4, 0.5) is 11.4 Å². The number of benzene rings is 3. The molecule has 1 atom stereocenters. The van der Waals surface area contributed by atoms with Crippen molar-refractivity contribution in [1.82, 2.24) is 14.9 Å². The maximum Gasteiger partial charge on any atom is 0.254 e. The number of amides is 1. The third-order valence-corrected chi connectivity index (χ3v) is 7.31. The third-order valence-electron chi connectivity index (χ3n) is 6.98. The molecule has 1 amide bonds. The third kappa shape index (κ3) is 4.92. The SMILES string of the molecule is CC1(C)OCC(CN2CCc3c(Nc4ccc(Cl)c(-c5ncc(-c6ccccc6)[nH]5)c4)cccc3C2=O)O1. The molecule has 38 heavy (non-hydrogen) atoms. The fourth-order valence-corrected chi connectivity index (χ4v) is 5.33. The van der Waals surface area contributed by atoms with Crippen molar-refractivity contribution in [1.29, 1.82) is 0 Å². The summed E-state index contributed by atoms with van der Waals surface area (Å²) >= 11 is 6.57. The average Bonchev–Trinajstić information content (AvgIpc) is 3.54. The largest absolute Gasteiger partial charge is 0.355 e. The topological polar surface area (TPSA) is 79.5 Å². The summed E-state index contributed by atoms with van der Waals surface area (Å²) in [5.74, 6) is 0.109. The second-order valence-electron chi connectivity index (χ2n) is 10.1. The van der Waals surface area contributed by atoms with Crippen LogP contribution in [0.1, 0.15) is 29.8 Å². The Morgan fingerprint density at radius 3 is 2.74 bits per heavy atom. The minimum atomic E-state index is -0.602. The van der Waals surface area contributed by atoms with Crippen LogP contribution in [-0.2, 0) is 15.9 Å². The van der Waals surface area contributed by atoms with E-state index < -0.39 is 5.79 Å². The zero-order valence-corrected chi connectivity index (χ0v) is 22.1. The van der Waals surface area contributed by atoms with Crippen molar-refractivity contribution < 1.29 is 14.3 Å². The Kier molecular flexibility index (Phi) is 6.43. The van der Waals surface area contributed by atoms with Gasteiger partial charge < -0.3 is 24.7 Å². The summed E-state index contributed by atoms with van der Waals surface area (Å²) in [5, 5.41) is 4.11. The van der Waals surface area contributed by atoms with Crippen molar-refractivity contribution in [2.24, 2.45) is 0 Å². The molecule has 1 saturated heterocycles. The lowest BCUT2D eigenvalue weighted by Crippen LogP contribution is -2.43. The Hall–Kier alpha value is -3.65. The monoisotopic (exact) mass is 528 g/mol. The quantitative estimate of drug-likeness (QED) is 0.307. The van der Waals surface area contributed by atoms with Crippen molar-refractivity contribution in [3.8, 4) is 22.6 Å². The number of fused-ring (bicyclic) bond motifs is 1. The second kappa shape index (κ2) is 9.91. The highest BCUT2D eigenvalue weighted by atomic mass is 35.5. The Morgan fingerprint density at radius 2 is 1.95 bits per heavy atom. The summed E-state index contributed by atoms with van der Waals surface area (Å²) in [6.45, 7) is 5.44. The fraction of sp³-hybridized carbons (Fsp3) is 0.267. The van der Waals surface area contributed by atoms with Gasteiger partial charge >= 0.3 is 0 Å². The van der Waals surface area contributed by atoms with Crippen LogP contribution < -0.4 is 5.32 Å². The molecule has 7 nitrogen and oxygen atoms in total. The van der Waals surface area contributed by atoms with Gasteiger partial charge in [0, 0.05) is 35.6 Å². The molecule has 6 rings (SSSR count). The van der Waals surface area contributed by atoms with E-state index in [9.17, 15) is 4.79 Å². The molecule has 1 fully saturated rings. The molecule has 0 spiro atoms. The van der Waals surface area contributed by atoms with Crippen LogP contribution >= 0.6 is 11.6 Å². The van der Waals surface area contributed by atoms with Gasteiger partial charge in [0.05, 0.1) is 23.5 Å². The summed E-state index contributed by atoms with van der Waals surface area (Å²) in [5.41, 5.74) is 6.28. The number of rotatable bonds is 6. The Bertz CT molecular complexity index is 1480. The molecule has 0 saturated carbocycles. The molecule has 194 valence electrons. The zero-order chi connectivity index (χ0) is 26.3. The second-order valence-corrected chi connectivity index (χ2v) is 10.5. The van der Waals surface area contributed by atoms with Gasteiger partial charge in [-0.05, 0) is 61.7 Å². The summed E-state index contributed by atoms with van der Waals surface area (Å²) in [6, 6.07) is 21.6. The van der Waals surface area contributed by atoms with Gasteiger partial charge in [0.15, 0.2) is 5.79 Å². The van der Waals surface area contributed by atoms with Gasteiger partial charge in [0.1, 0.15) is 11.9 Å². The van der Waals surface area contributed by atoms with E-state index in [1.54, 1.807) is 0 Å². The molecule has 4 aromatic rings. The highest BCUT2D eigenvalue weighted by molar-refractivity contribution is 6.33. The average molecular weight is 529 g/mol. The van der Waals surface area contributed by atoms with Crippen LogP contribution in [0.2, 0.25) is 5.02 Å². The van der Waals surface area contributed by atoms with E-state index in [2.05, 4.69) is 15.3 Å². The fourth-order valence-electron chi connectivity index (χ4n) is 5.13. The summed E-state index contributed by atoms with van der Waals surface area (Å²) in [6.07, 6.45) is 2.45.